The Morgan fingerprint density at radius 3 is 2.26 bits per heavy atom. The number of hydrogen-bond acceptors (Lipinski definition) is 2. The van der Waals surface area contributed by atoms with E-state index in [1.165, 1.54) is 19.1 Å². The van der Waals surface area contributed by atoms with Crippen LogP contribution in [0, 0.1) is 5.82 Å². The van der Waals surface area contributed by atoms with Crippen LogP contribution in [0.4, 0.5) is 4.39 Å². The lowest BCUT2D eigenvalue weighted by Crippen LogP contribution is -2.50. The monoisotopic (exact) mass is 328 g/mol. The summed E-state index contributed by atoms with van der Waals surface area (Å²) in [4.78, 5) is 26.7. The van der Waals surface area contributed by atoms with Gasteiger partial charge in [0.2, 0.25) is 5.91 Å². The third-order valence-electron chi connectivity index (χ3n) is 3.18. The molecule has 0 spiro atoms. The molecule has 6 heteroatoms. The van der Waals surface area contributed by atoms with Gasteiger partial charge in [0, 0.05) is 38.7 Å². The van der Waals surface area contributed by atoms with Crippen LogP contribution in [0.25, 0.3) is 0 Å². The summed E-state index contributed by atoms with van der Waals surface area (Å²) in [5.74, 6) is -0.635. The third kappa shape index (κ3) is 3.12. The molecule has 2 amide bonds. The molecule has 0 aliphatic carbocycles. The Bertz CT molecular complexity index is 513. The van der Waals surface area contributed by atoms with Gasteiger partial charge in [0.1, 0.15) is 5.82 Å². The van der Waals surface area contributed by atoms with Crippen molar-refractivity contribution in [2.75, 3.05) is 26.2 Å². The number of hydrogen-bond donors (Lipinski definition) is 0. The Kier molecular flexibility index (Phi) is 4.19. The summed E-state index contributed by atoms with van der Waals surface area (Å²) in [6, 6.07) is 4.34. The van der Waals surface area contributed by atoms with Crippen LogP contribution in [0.15, 0.2) is 22.7 Å². The molecule has 1 aliphatic rings. The molecule has 1 saturated heterocycles. The van der Waals surface area contributed by atoms with Gasteiger partial charge in [0.25, 0.3) is 5.91 Å². The maximum absolute atomic E-state index is 13.4. The van der Waals surface area contributed by atoms with Gasteiger partial charge in [-0.25, -0.2) is 4.39 Å². The van der Waals surface area contributed by atoms with E-state index >= 15 is 0 Å². The van der Waals surface area contributed by atoms with Crippen LogP contribution in [0.3, 0.4) is 0 Å². The average Bonchev–Trinajstić information content (AvgIpc) is 2.41. The fourth-order valence-electron chi connectivity index (χ4n) is 2.04. The zero-order valence-corrected chi connectivity index (χ0v) is 12.1. The fraction of sp³-hybridized carbons (Fsp3) is 0.385. The van der Waals surface area contributed by atoms with Gasteiger partial charge in [-0.2, -0.15) is 0 Å². The first kappa shape index (κ1) is 14.0. The Morgan fingerprint density at radius 1 is 1.16 bits per heavy atom. The molecule has 0 aromatic heterocycles. The van der Waals surface area contributed by atoms with Crippen LogP contribution < -0.4 is 0 Å². The predicted octanol–water partition coefficient (Wildman–Crippen LogP) is 1.89. The van der Waals surface area contributed by atoms with E-state index in [4.69, 9.17) is 0 Å². The SMILES string of the molecule is CC(=O)N1CCN(C(=O)c2ccc(Br)c(F)c2)CC1. The molecule has 1 heterocycles. The van der Waals surface area contributed by atoms with Crippen molar-refractivity contribution in [2.24, 2.45) is 0 Å². The van der Waals surface area contributed by atoms with Crippen molar-refractivity contribution in [1.82, 2.24) is 9.80 Å². The molecule has 19 heavy (non-hydrogen) atoms. The summed E-state index contributed by atoms with van der Waals surface area (Å²) in [5.41, 5.74) is 0.331. The van der Waals surface area contributed by atoms with Crippen molar-refractivity contribution >= 4 is 27.7 Å². The highest BCUT2D eigenvalue weighted by Crippen LogP contribution is 2.18. The van der Waals surface area contributed by atoms with Gasteiger partial charge >= 0.3 is 0 Å². The highest BCUT2D eigenvalue weighted by atomic mass is 79.9. The number of piperazine rings is 1. The van der Waals surface area contributed by atoms with Crippen molar-refractivity contribution in [1.29, 1.82) is 0 Å². The number of halogens is 2. The first-order valence-corrected chi connectivity index (χ1v) is 6.78. The van der Waals surface area contributed by atoms with Gasteiger partial charge in [0.15, 0.2) is 0 Å². The highest BCUT2D eigenvalue weighted by molar-refractivity contribution is 9.10. The predicted molar refractivity (Wildman–Crippen MR) is 72.3 cm³/mol. The summed E-state index contributed by atoms with van der Waals surface area (Å²) in [7, 11) is 0. The second-order valence-corrected chi connectivity index (χ2v) is 5.28. The fourth-order valence-corrected chi connectivity index (χ4v) is 2.28. The lowest BCUT2D eigenvalue weighted by atomic mass is 10.1. The smallest absolute Gasteiger partial charge is 0.254 e. The van der Waals surface area contributed by atoms with E-state index < -0.39 is 5.82 Å². The van der Waals surface area contributed by atoms with E-state index in [9.17, 15) is 14.0 Å². The Hall–Kier alpha value is -1.43. The topological polar surface area (TPSA) is 40.6 Å². The summed E-state index contributed by atoms with van der Waals surface area (Å²) in [6.45, 7) is 3.54. The van der Waals surface area contributed by atoms with Crippen molar-refractivity contribution in [3.63, 3.8) is 0 Å². The standard InChI is InChI=1S/C13H14BrFN2O2/c1-9(18)16-4-6-17(7-5-16)13(19)10-2-3-11(14)12(15)8-10/h2-3,8H,4-7H2,1H3. The molecule has 1 aliphatic heterocycles. The minimum atomic E-state index is -0.451. The van der Waals surface area contributed by atoms with Crippen LogP contribution in [0.5, 0.6) is 0 Å². The van der Waals surface area contributed by atoms with Crippen molar-refractivity contribution in [3.8, 4) is 0 Å². The number of benzene rings is 1. The zero-order chi connectivity index (χ0) is 14.0. The number of rotatable bonds is 1. The normalized spacial score (nSPS) is 15.5. The quantitative estimate of drug-likeness (QED) is 0.790. The van der Waals surface area contributed by atoms with Gasteiger partial charge < -0.3 is 9.80 Å². The lowest BCUT2D eigenvalue weighted by Gasteiger charge is -2.34. The number of nitrogens with zero attached hydrogens (tertiary/aromatic N) is 2. The maximum atomic E-state index is 13.4. The molecule has 0 radical (unpaired) electrons. The maximum Gasteiger partial charge on any atom is 0.254 e. The molecule has 0 atom stereocenters. The summed E-state index contributed by atoms with van der Waals surface area (Å²) >= 11 is 3.05. The number of amides is 2. The molecule has 4 nitrogen and oxygen atoms in total. The zero-order valence-electron chi connectivity index (χ0n) is 10.5. The number of carbonyl (C=O) groups is 2. The van der Waals surface area contributed by atoms with E-state index in [-0.39, 0.29) is 11.8 Å². The van der Waals surface area contributed by atoms with E-state index in [1.54, 1.807) is 15.9 Å². The second-order valence-electron chi connectivity index (χ2n) is 4.43. The van der Waals surface area contributed by atoms with Gasteiger partial charge in [-0.1, -0.05) is 0 Å². The highest BCUT2D eigenvalue weighted by Gasteiger charge is 2.23. The second kappa shape index (κ2) is 5.69. The Labute approximate surface area is 119 Å². The molecule has 0 unspecified atom stereocenters. The van der Waals surface area contributed by atoms with Crippen LogP contribution in [-0.4, -0.2) is 47.8 Å². The molecular formula is C13H14BrFN2O2. The van der Waals surface area contributed by atoms with Gasteiger partial charge in [-0.3, -0.25) is 9.59 Å². The van der Waals surface area contributed by atoms with E-state index in [0.29, 0.717) is 36.2 Å². The van der Waals surface area contributed by atoms with Crippen LogP contribution in [0.1, 0.15) is 17.3 Å². The summed E-state index contributed by atoms with van der Waals surface area (Å²) in [5, 5.41) is 0. The van der Waals surface area contributed by atoms with E-state index in [0.717, 1.165) is 0 Å². The lowest BCUT2D eigenvalue weighted by molar-refractivity contribution is -0.130. The largest absolute Gasteiger partial charge is 0.339 e. The van der Waals surface area contributed by atoms with Gasteiger partial charge in [-0.15, -0.1) is 0 Å². The van der Waals surface area contributed by atoms with E-state index in [1.807, 2.05) is 0 Å². The molecular weight excluding hydrogens is 315 g/mol. The summed E-state index contributed by atoms with van der Waals surface area (Å²) < 4.78 is 13.7. The molecule has 0 bridgehead atoms. The first-order valence-electron chi connectivity index (χ1n) is 5.99. The summed E-state index contributed by atoms with van der Waals surface area (Å²) in [6.07, 6.45) is 0. The Balaban J connectivity index is 2.05. The van der Waals surface area contributed by atoms with Crippen molar-refractivity contribution in [3.05, 3.63) is 34.1 Å². The van der Waals surface area contributed by atoms with Crippen LogP contribution >= 0.6 is 15.9 Å². The molecule has 102 valence electrons. The average molecular weight is 329 g/mol. The molecule has 0 N–H and O–H groups in total. The molecule has 2 rings (SSSR count). The molecule has 1 aromatic rings. The molecule has 1 aromatic carbocycles. The Morgan fingerprint density at radius 2 is 1.74 bits per heavy atom. The minimum absolute atomic E-state index is 0.0155. The van der Waals surface area contributed by atoms with Gasteiger partial charge in [-0.05, 0) is 34.1 Å². The molecule has 1 fully saturated rings. The third-order valence-corrected chi connectivity index (χ3v) is 3.82. The van der Waals surface area contributed by atoms with Crippen molar-refractivity contribution < 1.29 is 14.0 Å². The number of carbonyl (C=O) groups excluding carboxylic acids is 2. The first-order chi connectivity index (χ1) is 8.99. The van der Waals surface area contributed by atoms with Crippen LogP contribution in [-0.2, 0) is 4.79 Å². The molecule has 0 saturated carbocycles. The van der Waals surface area contributed by atoms with Crippen molar-refractivity contribution in [2.45, 2.75) is 6.92 Å². The minimum Gasteiger partial charge on any atom is -0.339 e. The van der Waals surface area contributed by atoms with Gasteiger partial charge in [0.05, 0.1) is 4.47 Å². The van der Waals surface area contributed by atoms with Crippen LogP contribution in [0.2, 0.25) is 0 Å². The van der Waals surface area contributed by atoms with E-state index in [2.05, 4.69) is 15.9 Å².